The molecule has 2 aromatic rings. The SMILES string of the molecule is C=C(/C=C(\C=C\c1cccc(CN2O[C@@H](CN)[C@@H]([C@H](C)O)[C@H]2C(=O)N[C@H]2C[C@H]3C[C@@H]([C@@H]2C)C3(C)C)c1OC)CNCCc1ccccn1)N(C)C. The van der Waals surface area contributed by atoms with Gasteiger partial charge in [-0.1, -0.05) is 63.8 Å². The average Bonchev–Trinajstić information content (AvgIpc) is 3.48. The average molecular weight is 701 g/mol. The summed E-state index contributed by atoms with van der Waals surface area (Å²) in [5.74, 6) is 1.70. The van der Waals surface area contributed by atoms with E-state index >= 15 is 0 Å². The highest BCUT2D eigenvalue weighted by molar-refractivity contribution is 5.83. The number of aromatic nitrogens is 1. The quantitative estimate of drug-likeness (QED) is 0.147. The maximum atomic E-state index is 14.2. The fourth-order valence-electron chi connectivity index (χ4n) is 8.50. The van der Waals surface area contributed by atoms with Crippen LogP contribution >= 0.6 is 0 Å². The molecule has 1 aromatic heterocycles. The first-order valence-corrected chi connectivity index (χ1v) is 18.5. The molecule has 2 bridgehead atoms. The number of allylic oxidation sites excluding steroid dienone is 1. The molecule has 0 spiro atoms. The van der Waals surface area contributed by atoms with Crippen molar-refractivity contribution in [2.45, 2.75) is 77.8 Å². The van der Waals surface area contributed by atoms with Crippen LogP contribution in [0.4, 0.5) is 0 Å². The molecule has 3 aliphatic carbocycles. The standard InChI is InChI=1S/C41H60N6O4/c1-26(46(6)7)20-29(24-43-19-17-33-14-9-10-18-44-33)15-16-30-12-11-13-31(39(30)50-8)25-47-38(37(28(3)48)36(23-42)51-47)40(49)45-35-22-32-21-34(27(35)2)41(32,4)5/h9-16,18,20,27-28,32,34-38,43,48H,1,17,19,21-25,42H2,2-8H3,(H,45,49)/b16-15+,29-20+/t27-,28-,32+,34-,35-,36-,37+,38-/m0/s1. The minimum atomic E-state index is -0.786. The molecular weight excluding hydrogens is 640 g/mol. The second-order valence-corrected chi connectivity index (χ2v) is 15.5. The lowest BCUT2D eigenvalue weighted by molar-refractivity contribution is -0.175. The van der Waals surface area contributed by atoms with Crippen LogP contribution in [0.1, 0.15) is 57.4 Å². The highest BCUT2D eigenvalue weighted by Gasteiger charge is 2.57. The summed E-state index contributed by atoms with van der Waals surface area (Å²) in [7, 11) is 5.62. The second-order valence-electron chi connectivity index (χ2n) is 15.5. The normalized spacial score (nSPS) is 27.9. The molecule has 4 aliphatic rings. The van der Waals surface area contributed by atoms with Crippen LogP contribution < -0.4 is 21.1 Å². The number of carbonyl (C=O) groups excluding carboxylic acids is 1. The highest BCUT2D eigenvalue weighted by atomic mass is 16.7. The Kier molecular flexibility index (Phi) is 12.8. The van der Waals surface area contributed by atoms with E-state index in [-0.39, 0.29) is 25.0 Å². The molecular formula is C41H60N6O4. The zero-order valence-corrected chi connectivity index (χ0v) is 31.6. The summed E-state index contributed by atoms with van der Waals surface area (Å²) in [5, 5.41) is 19.6. The van der Waals surface area contributed by atoms with E-state index in [4.69, 9.17) is 15.3 Å². The lowest BCUT2D eigenvalue weighted by Crippen LogP contribution is -2.62. The molecule has 5 N–H and O–H groups in total. The third-order valence-electron chi connectivity index (χ3n) is 11.8. The van der Waals surface area contributed by atoms with Crippen molar-refractivity contribution in [3.8, 4) is 5.75 Å². The van der Waals surface area contributed by atoms with Gasteiger partial charge in [0.1, 0.15) is 11.8 Å². The first kappa shape index (κ1) is 38.7. The number of nitrogens with one attached hydrogen (secondary N) is 2. The molecule has 0 radical (unpaired) electrons. The van der Waals surface area contributed by atoms with Crippen molar-refractivity contribution in [1.82, 2.24) is 25.6 Å². The molecule has 8 atom stereocenters. The Morgan fingerprint density at radius 1 is 1.25 bits per heavy atom. The Labute approximate surface area is 305 Å². The van der Waals surface area contributed by atoms with Gasteiger partial charge in [-0.2, -0.15) is 5.06 Å². The molecule has 51 heavy (non-hydrogen) atoms. The fraction of sp³-hybridized carbons (Fsp3) is 0.561. The predicted octanol–water partition coefficient (Wildman–Crippen LogP) is 4.56. The van der Waals surface area contributed by atoms with E-state index in [1.54, 1.807) is 19.1 Å². The number of fused-ring (bicyclic) bond motifs is 2. The number of hydroxylamine groups is 2. The van der Waals surface area contributed by atoms with E-state index in [0.29, 0.717) is 35.5 Å². The van der Waals surface area contributed by atoms with Gasteiger partial charge in [-0.25, -0.2) is 0 Å². The number of rotatable bonds is 16. The van der Waals surface area contributed by atoms with E-state index in [0.717, 1.165) is 47.5 Å². The number of nitrogens with two attached hydrogens (primary N) is 1. The maximum absolute atomic E-state index is 14.2. The van der Waals surface area contributed by atoms with E-state index in [2.05, 4.69) is 55.1 Å². The third kappa shape index (κ3) is 8.75. The number of carbonyl (C=O) groups is 1. The van der Waals surface area contributed by atoms with Gasteiger partial charge in [0.15, 0.2) is 0 Å². The molecule has 1 saturated heterocycles. The highest BCUT2D eigenvalue weighted by Crippen LogP contribution is 2.61. The van der Waals surface area contributed by atoms with Crippen LogP contribution in [0.25, 0.3) is 6.08 Å². The first-order chi connectivity index (χ1) is 24.3. The Morgan fingerprint density at radius 2 is 2.04 bits per heavy atom. The van der Waals surface area contributed by atoms with Crippen molar-refractivity contribution in [3.05, 3.63) is 89.4 Å². The fourth-order valence-corrected chi connectivity index (χ4v) is 8.50. The summed E-state index contributed by atoms with van der Waals surface area (Å²) in [5.41, 5.74) is 11.2. The number of pyridine rings is 1. The van der Waals surface area contributed by atoms with Gasteiger partial charge < -0.3 is 31.1 Å². The summed E-state index contributed by atoms with van der Waals surface area (Å²) in [6.07, 6.45) is 9.79. The smallest absolute Gasteiger partial charge is 0.240 e. The van der Waals surface area contributed by atoms with Crippen molar-refractivity contribution in [3.63, 3.8) is 0 Å². The Morgan fingerprint density at radius 3 is 2.67 bits per heavy atom. The van der Waals surface area contributed by atoms with Crippen molar-refractivity contribution < 1.29 is 19.5 Å². The van der Waals surface area contributed by atoms with Crippen LogP contribution in [0.3, 0.4) is 0 Å². The van der Waals surface area contributed by atoms with Crippen LogP contribution in [0.15, 0.2) is 72.6 Å². The van der Waals surface area contributed by atoms with Gasteiger partial charge in [0, 0.05) is 80.8 Å². The zero-order chi connectivity index (χ0) is 36.9. The van der Waals surface area contributed by atoms with Crippen LogP contribution in [-0.4, -0.2) is 91.1 Å². The van der Waals surface area contributed by atoms with Gasteiger partial charge in [0.05, 0.1) is 25.9 Å². The number of nitrogens with zero attached hydrogens (tertiary/aromatic N) is 3. The molecule has 6 rings (SSSR count). The Hall–Kier alpha value is -3.54. The van der Waals surface area contributed by atoms with Crippen LogP contribution in [0, 0.1) is 29.1 Å². The van der Waals surface area contributed by atoms with E-state index in [1.807, 2.05) is 67.7 Å². The summed E-state index contributed by atoms with van der Waals surface area (Å²) < 4.78 is 6.00. The van der Waals surface area contributed by atoms with Gasteiger partial charge in [-0.3, -0.25) is 14.6 Å². The molecule has 1 aliphatic heterocycles. The number of hydrogen-bond donors (Lipinski definition) is 4. The Bertz CT molecular complexity index is 1560. The van der Waals surface area contributed by atoms with E-state index in [9.17, 15) is 9.90 Å². The van der Waals surface area contributed by atoms with Gasteiger partial charge >= 0.3 is 0 Å². The summed E-state index contributed by atoms with van der Waals surface area (Å²) >= 11 is 0. The first-order valence-electron chi connectivity index (χ1n) is 18.5. The van der Waals surface area contributed by atoms with Crippen molar-refractivity contribution in [2.75, 3.05) is 40.8 Å². The molecule has 3 saturated carbocycles. The lowest BCUT2D eigenvalue weighted by Gasteiger charge is -2.62. The van der Waals surface area contributed by atoms with Crippen LogP contribution in [0.2, 0.25) is 0 Å². The van der Waals surface area contributed by atoms with E-state index in [1.165, 1.54) is 6.42 Å². The second kappa shape index (κ2) is 16.9. The number of amides is 1. The van der Waals surface area contributed by atoms with Crippen molar-refractivity contribution in [2.24, 2.45) is 34.8 Å². The molecule has 2 heterocycles. The molecule has 1 amide bonds. The monoisotopic (exact) mass is 700 g/mol. The zero-order valence-electron chi connectivity index (χ0n) is 31.6. The number of hydrogen-bond acceptors (Lipinski definition) is 9. The Balaban J connectivity index is 1.34. The minimum Gasteiger partial charge on any atom is -0.496 e. The predicted molar refractivity (Wildman–Crippen MR) is 203 cm³/mol. The number of benzene rings is 1. The topological polar surface area (TPSA) is 125 Å². The number of methoxy groups -OCH3 is 1. The molecule has 278 valence electrons. The number of para-hydroxylation sites is 1. The molecule has 10 nitrogen and oxygen atoms in total. The van der Waals surface area contributed by atoms with Crippen LogP contribution in [0.5, 0.6) is 5.75 Å². The van der Waals surface area contributed by atoms with E-state index < -0.39 is 24.2 Å². The third-order valence-corrected chi connectivity index (χ3v) is 11.8. The van der Waals surface area contributed by atoms with Crippen molar-refractivity contribution in [1.29, 1.82) is 0 Å². The van der Waals surface area contributed by atoms with Gasteiger partial charge in [-0.15, -0.1) is 0 Å². The maximum Gasteiger partial charge on any atom is 0.240 e. The van der Waals surface area contributed by atoms with Gasteiger partial charge in [0.2, 0.25) is 5.91 Å². The molecule has 10 heteroatoms. The summed E-state index contributed by atoms with van der Waals surface area (Å²) in [6.45, 7) is 14.8. The number of aliphatic hydroxyl groups excluding tert-OH is 1. The molecule has 1 aromatic carbocycles. The lowest BCUT2D eigenvalue weighted by atomic mass is 9.45. The van der Waals surface area contributed by atoms with Gasteiger partial charge in [-0.05, 0) is 66.7 Å². The van der Waals surface area contributed by atoms with Gasteiger partial charge in [0.25, 0.3) is 0 Å². The number of aliphatic hydroxyl groups is 1. The summed E-state index contributed by atoms with van der Waals surface area (Å²) in [6, 6.07) is 11.4. The largest absolute Gasteiger partial charge is 0.496 e. The molecule has 0 unspecified atom stereocenters. The number of ether oxygens (including phenoxy) is 1. The minimum absolute atomic E-state index is 0.0982. The summed E-state index contributed by atoms with van der Waals surface area (Å²) in [4.78, 5) is 27.0. The van der Waals surface area contributed by atoms with Crippen molar-refractivity contribution >= 4 is 12.0 Å². The number of likely N-dealkylation sites (N-methyl/N-ethyl adjacent to an activating group) is 1. The molecule has 4 fully saturated rings. The van der Waals surface area contributed by atoms with Crippen LogP contribution in [-0.2, 0) is 22.6 Å².